The van der Waals surface area contributed by atoms with Crippen LogP contribution in [0.4, 0.5) is 5.13 Å². The average molecular weight is 457 g/mol. The zero-order valence-corrected chi connectivity index (χ0v) is 18.6. The Morgan fingerprint density at radius 2 is 1.90 bits per heavy atom. The molecule has 162 valence electrons. The predicted molar refractivity (Wildman–Crippen MR) is 123 cm³/mol. The Balaban J connectivity index is 1.41. The van der Waals surface area contributed by atoms with Crippen molar-refractivity contribution in [2.75, 3.05) is 31.6 Å². The highest BCUT2D eigenvalue weighted by atomic mass is 32.1. The summed E-state index contributed by atoms with van der Waals surface area (Å²) < 4.78 is 5.38. The average Bonchev–Trinajstić information content (AvgIpc) is 3.47. The molecule has 0 aliphatic carbocycles. The lowest BCUT2D eigenvalue weighted by atomic mass is 10.1. The number of nitrogens with one attached hydrogen (secondary N) is 2. The number of hydrogen-bond donors (Lipinski definition) is 2. The number of hydrogen-bond acceptors (Lipinski definition) is 7. The van der Waals surface area contributed by atoms with Gasteiger partial charge in [-0.1, -0.05) is 36.4 Å². The summed E-state index contributed by atoms with van der Waals surface area (Å²) >= 11 is 2.74. The second-order valence-electron chi connectivity index (χ2n) is 7.21. The van der Waals surface area contributed by atoms with Crippen LogP contribution < -0.4 is 10.6 Å². The summed E-state index contributed by atoms with van der Waals surface area (Å²) in [5.41, 5.74) is 1.89. The maximum atomic E-state index is 13.0. The van der Waals surface area contributed by atoms with Crippen molar-refractivity contribution in [1.29, 1.82) is 0 Å². The number of morpholine rings is 1. The van der Waals surface area contributed by atoms with Crippen molar-refractivity contribution >= 4 is 39.6 Å². The predicted octanol–water partition coefficient (Wildman–Crippen LogP) is 3.02. The number of carbonyl (C=O) groups excluding carboxylic acids is 2. The van der Waals surface area contributed by atoms with E-state index in [9.17, 15) is 9.59 Å². The molecular formula is C22H24N4O3S2. The lowest BCUT2D eigenvalue weighted by molar-refractivity contribution is -0.118. The monoisotopic (exact) mass is 456 g/mol. The highest BCUT2D eigenvalue weighted by Crippen LogP contribution is 2.18. The fourth-order valence-corrected chi connectivity index (χ4v) is 4.65. The van der Waals surface area contributed by atoms with E-state index in [1.807, 2.05) is 47.2 Å². The first-order valence-corrected chi connectivity index (χ1v) is 11.9. The van der Waals surface area contributed by atoms with E-state index in [1.54, 1.807) is 6.07 Å². The zero-order valence-electron chi connectivity index (χ0n) is 17.0. The Kier molecular flexibility index (Phi) is 7.42. The third-order valence-electron chi connectivity index (χ3n) is 4.92. The van der Waals surface area contributed by atoms with Crippen LogP contribution in [0.3, 0.4) is 0 Å². The Morgan fingerprint density at radius 1 is 1.10 bits per heavy atom. The van der Waals surface area contributed by atoms with E-state index in [4.69, 9.17) is 4.74 Å². The summed E-state index contributed by atoms with van der Waals surface area (Å²) in [5, 5.41) is 10.1. The standard InChI is InChI=1S/C22H24N4O3S2/c27-20(25-22-23-17(15-31-22)14-26-8-10-29-11-9-26)18(13-16-5-2-1-3-6-16)24-21(28)19-7-4-12-30-19/h1-7,12,15,18H,8-11,13-14H2,(H,24,28)(H,23,25,27). The molecule has 4 rings (SSSR count). The summed E-state index contributed by atoms with van der Waals surface area (Å²) in [7, 11) is 0. The van der Waals surface area contributed by atoms with Gasteiger partial charge >= 0.3 is 0 Å². The third-order valence-corrected chi connectivity index (χ3v) is 6.60. The lowest BCUT2D eigenvalue weighted by Gasteiger charge is -2.25. The Bertz CT molecular complexity index is 985. The quantitative estimate of drug-likeness (QED) is 0.544. The van der Waals surface area contributed by atoms with Gasteiger partial charge in [-0.3, -0.25) is 14.5 Å². The van der Waals surface area contributed by atoms with Crippen LogP contribution in [-0.2, 0) is 22.5 Å². The molecule has 9 heteroatoms. The number of anilines is 1. The molecule has 1 aliphatic rings. The minimum absolute atomic E-state index is 0.252. The molecule has 0 saturated carbocycles. The molecule has 2 aromatic heterocycles. The van der Waals surface area contributed by atoms with Crippen molar-refractivity contribution in [3.05, 3.63) is 69.4 Å². The van der Waals surface area contributed by atoms with Crippen molar-refractivity contribution < 1.29 is 14.3 Å². The number of nitrogens with zero attached hydrogens (tertiary/aromatic N) is 2. The van der Waals surface area contributed by atoms with Gasteiger partial charge in [0, 0.05) is 31.4 Å². The van der Waals surface area contributed by atoms with Gasteiger partial charge in [-0.05, 0) is 17.0 Å². The van der Waals surface area contributed by atoms with E-state index in [0.717, 1.165) is 44.1 Å². The highest BCUT2D eigenvalue weighted by Gasteiger charge is 2.23. The van der Waals surface area contributed by atoms with E-state index in [2.05, 4.69) is 20.5 Å². The third kappa shape index (κ3) is 6.20. The molecule has 31 heavy (non-hydrogen) atoms. The molecule has 0 spiro atoms. The van der Waals surface area contributed by atoms with Gasteiger partial charge in [-0.25, -0.2) is 4.98 Å². The van der Waals surface area contributed by atoms with Gasteiger partial charge in [0.1, 0.15) is 6.04 Å². The fraction of sp³-hybridized carbons (Fsp3) is 0.318. The van der Waals surface area contributed by atoms with E-state index in [0.29, 0.717) is 16.4 Å². The zero-order chi connectivity index (χ0) is 21.5. The molecular weight excluding hydrogens is 432 g/mol. The summed E-state index contributed by atoms with van der Waals surface area (Å²) in [4.78, 5) is 33.0. The number of carbonyl (C=O) groups is 2. The van der Waals surface area contributed by atoms with Crippen LogP contribution in [0.25, 0.3) is 0 Å². The first kappa shape index (κ1) is 21.6. The minimum Gasteiger partial charge on any atom is -0.379 e. The molecule has 1 saturated heterocycles. The second-order valence-corrected chi connectivity index (χ2v) is 9.02. The first-order chi connectivity index (χ1) is 15.2. The van der Waals surface area contributed by atoms with Crippen LogP contribution in [0.5, 0.6) is 0 Å². The molecule has 2 N–H and O–H groups in total. The molecule has 7 nitrogen and oxygen atoms in total. The van der Waals surface area contributed by atoms with E-state index >= 15 is 0 Å². The van der Waals surface area contributed by atoms with Gasteiger partial charge in [0.05, 0.1) is 23.8 Å². The largest absolute Gasteiger partial charge is 0.379 e. The normalized spacial score (nSPS) is 15.4. The number of rotatable bonds is 8. The Labute approximate surface area is 189 Å². The fourth-order valence-electron chi connectivity index (χ4n) is 3.31. The summed E-state index contributed by atoms with van der Waals surface area (Å²) in [6, 6.07) is 12.5. The number of ether oxygens (including phenoxy) is 1. The van der Waals surface area contributed by atoms with Crippen LogP contribution in [0.1, 0.15) is 20.9 Å². The molecule has 1 aromatic carbocycles. The van der Waals surface area contributed by atoms with Crippen molar-refractivity contribution in [3.8, 4) is 0 Å². The van der Waals surface area contributed by atoms with Gasteiger partial charge in [-0.15, -0.1) is 22.7 Å². The van der Waals surface area contributed by atoms with Crippen LogP contribution in [0, 0.1) is 0 Å². The van der Waals surface area contributed by atoms with Gasteiger partial charge in [0.2, 0.25) is 5.91 Å². The van der Waals surface area contributed by atoms with Gasteiger partial charge in [0.15, 0.2) is 5.13 Å². The molecule has 1 aliphatic heterocycles. The molecule has 0 bridgehead atoms. The smallest absolute Gasteiger partial charge is 0.262 e. The molecule has 2 amide bonds. The second kappa shape index (κ2) is 10.6. The number of benzene rings is 1. The molecule has 1 unspecified atom stereocenters. The van der Waals surface area contributed by atoms with Gasteiger partial charge in [-0.2, -0.15) is 0 Å². The van der Waals surface area contributed by atoms with Crippen LogP contribution >= 0.6 is 22.7 Å². The van der Waals surface area contributed by atoms with Crippen LogP contribution in [0.15, 0.2) is 53.2 Å². The summed E-state index contributed by atoms with van der Waals surface area (Å²) in [6.07, 6.45) is 0.399. The number of aromatic nitrogens is 1. The van der Waals surface area contributed by atoms with E-state index < -0.39 is 6.04 Å². The van der Waals surface area contributed by atoms with Crippen LogP contribution in [0.2, 0.25) is 0 Å². The van der Waals surface area contributed by atoms with E-state index in [1.165, 1.54) is 22.7 Å². The Hall–Kier alpha value is -2.59. The lowest BCUT2D eigenvalue weighted by Crippen LogP contribution is -2.45. The summed E-state index contributed by atoms with van der Waals surface area (Å²) in [5.74, 6) is -0.528. The van der Waals surface area contributed by atoms with Crippen molar-refractivity contribution in [1.82, 2.24) is 15.2 Å². The minimum atomic E-state index is -0.705. The first-order valence-electron chi connectivity index (χ1n) is 10.1. The maximum absolute atomic E-state index is 13.0. The number of thiazole rings is 1. The van der Waals surface area contributed by atoms with E-state index in [-0.39, 0.29) is 11.8 Å². The van der Waals surface area contributed by atoms with Crippen LogP contribution in [-0.4, -0.2) is 54.0 Å². The number of amides is 2. The topological polar surface area (TPSA) is 83.6 Å². The van der Waals surface area contributed by atoms with Crippen molar-refractivity contribution in [2.45, 2.75) is 19.0 Å². The molecule has 0 radical (unpaired) electrons. The van der Waals surface area contributed by atoms with Gasteiger partial charge < -0.3 is 15.4 Å². The molecule has 1 fully saturated rings. The maximum Gasteiger partial charge on any atom is 0.262 e. The molecule has 3 heterocycles. The Morgan fingerprint density at radius 3 is 2.65 bits per heavy atom. The highest BCUT2D eigenvalue weighted by molar-refractivity contribution is 7.14. The SMILES string of the molecule is O=C(NC(Cc1ccccc1)C(=O)Nc1nc(CN2CCOCC2)cs1)c1cccs1. The van der Waals surface area contributed by atoms with Gasteiger partial charge in [0.25, 0.3) is 5.91 Å². The van der Waals surface area contributed by atoms with Crippen molar-refractivity contribution in [2.24, 2.45) is 0 Å². The number of thiophene rings is 1. The molecule has 1 atom stereocenters. The van der Waals surface area contributed by atoms with Crippen molar-refractivity contribution in [3.63, 3.8) is 0 Å². The molecule has 3 aromatic rings. The summed E-state index contributed by atoms with van der Waals surface area (Å²) in [6.45, 7) is 3.97.